The van der Waals surface area contributed by atoms with Gasteiger partial charge in [0.05, 0.1) is 25.0 Å². The maximum atomic E-state index is 13.7. The summed E-state index contributed by atoms with van der Waals surface area (Å²) < 4.78 is 26.8. The third kappa shape index (κ3) is 5.40. The van der Waals surface area contributed by atoms with Crippen molar-refractivity contribution in [2.45, 2.75) is 33.2 Å². The lowest BCUT2D eigenvalue weighted by Crippen LogP contribution is -2.11. The molecule has 0 aliphatic carbocycles. The van der Waals surface area contributed by atoms with Gasteiger partial charge >= 0.3 is 5.97 Å². The van der Waals surface area contributed by atoms with Gasteiger partial charge < -0.3 is 14.6 Å². The van der Waals surface area contributed by atoms with Crippen LogP contribution in [0.5, 0.6) is 11.5 Å². The highest BCUT2D eigenvalue weighted by molar-refractivity contribution is 5.77. The molecule has 0 spiro atoms. The zero-order valence-electron chi connectivity index (χ0n) is 20.8. The van der Waals surface area contributed by atoms with E-state index in [-0.39, 0.29) is 11.7 Å². The molecule has 0 saturated carbocycles. The second kappa shape index (κ2) is 10.6. The summed E-state index contributed by atoms with van der Waals surface area (Å²) >= 11 is 0. The van der Waals surface area contributed by atoms with Crippen molar-refractivity contribution in [1.82, 2.24) is 9.78 Å². The van der Waals surface area contributed by atoms with E-state index in [0.29, 0.717) is 18.0 Å². The van der Waals surface area contributed by atoms with E-state index in [1.165, 1.54) is 12.1 Å². The van der Waals surface area contributed by atoms with Gasteiger partial charge in [0, 0.05) is 16.7 Å². The van der Waals surface area contributed by atoms with Gasteiger partial charge in [-0.05, 0) is 66.4 Å². The van der Waals surface area contributed by atoms with Crippen LogP contribution in [0.25, 0.3) is 22.5 Å². The Morgan fingerprint density at radius 3 is 2.44 bits per heavy atom. The van der Waals surface area contributed by atoms with Crippen molar-refractivity contribution in [3.05, 3.63) is 89.2 Å². The number of aryl methyl sites for hydroxylation is 1. The number of aromatic nitrogens is 2. The summed E-state index contributed by atoms with van der Waals surface area (Å²) in [5.41, 5.74) is 5.85. The molecule has 1 N–H and O–H groups in total. The SMILES string of the molecule is COc1ccccc1Cn1nc(-c2c(C)cc(C(C)C)cc2OCC(=O)O)cc1-c1ccc(F)cc1. The van der Waals surface area contributed by atoms with Crippen molar-refractivity contribution in [3.8, 4) is 34.0 Å². The van der Waals surface area contributed by atoms with Crippen LogP contribution >= 0.6 is 0 Å². The van der Waals surface area contributed by atoms with Crippen LogP contribution in [0.15, 0.2) is 66.7 Å². The van der Waals surface area contributed by atoms with Gasteiger partial charge in [-0.3, -0.25) is 4.68 Å². The van der Waals surface area contributed by atoms with Crippen LogP contribution in [0.3, 0.4) is 0 Å². The molecule has 36 heavy (non-hydrogen) atoms. The third-order valence-electron chi connectivity index (χ3n) is 6.03. The van der Waals surface area contributed by atoms with Crippen LogP contribution in [0.4, 0.5) is 4.39 Å². The first-order chi connectivity index (χ1) is 17.3. The fraction of sp³-hybridized carbons (Fsp3) is 0.241. The van der Waals surface area contributed by atoms with E-state index in [1.54, 1.807) is 19.2 Å². The quantitative estimate of drug-likeness (QED) is 0.299. The minimum atomic E-state index is -1.05. The summed E-state index contributed by atoms with van der Waals surface area (Å²) in [6, 6.07) is 19.8. The summed E-state index contributed by atoms with van der Waals surface area (Å²) in [4.78, 5) is 11.3. The second-order valence-corrected chi connectivity index (χ2v) is 8.94. The Kier molecular flexibility index (Phi) is 7.38. The normalized spacial score (nSPS) is 11.1. The summed E-state index contributed by atoms with van der Waals surface area (Å²) in [6.07, 6.45) is 0. The molecular weight excluding hydrogens is 459 g/mol. The van der Waals surface area contributed by atoms with Crippen LogP contribution in [-0.2, 0) is 11.3 Å². The standard InChI is InChI=1S/C29H29FN2O4/c1-18(2)22-13-19(3)29(27(14-22)36-17-28(33)34)24-15-25(20-9-11-23(30)12-10-20)32(31-24)16-21-7-5-6-8-26(21)35-4/h5-15,18H,16-17H2,1-4H3,(H,33,34). The van der Waals surface area contributed by atoms with Gasteiger partial charge in [-0.1, -0.05) is 38.1 Å². The van der Waals surface area contributed by atoms with Crippen molar-refractivity contribution in [1.29, 1.82) is 0 Å². The van der Waals surface area contributed by atoms with Crippen molar-refractivity contribution >= 4 is 5.97 Å². The Balaban J connectivity index is 1.88. The number of methoxy groups -OCH3 is 1. The number of carboxylic acids is 1. The molecule has 0 saturated heterocycles. The molecule has 0 fully saturated rings. The zero-order valence-corrected chi connectivity index (χ0v) is 20.8. The number of para-hydroxylation sites is 1. The van der Waals surface area contributed by atoms with Crippen LogP contribution in [0.1, 0.15) is 36.5 Å². The van der Waals surface area contributed by atoms with Crippen molar-refractivity contribution in [3.63, 3.8) is 0 Å². The molecule has 0 atom stereocenters. The van der Waals surface area contributed by atoms with Crippen molar-refractivity contribution in [2.24, 2.45) is 0 Å². The number of aliphatic carboxylic acids is 1. The Labute approximate surface area is 209 Å². The van der Waals surface area contributed by atoms with Gasteiger partial charge in [0.25, 0.3) is 0 Å². The molecule has 7 heteroatoms. The molecule has 186 valence electrons. The summed E-state index contributed by atoms with van der Waals surface area (Å²) in [6.45, 7) is 6.08. The number of hydrogen-bond acceptors (Lipinski definition) is 4. The number of carbonyl (C=O) groups is 1. The fourth-order valence-corrected chi connectivity index (χ4v) is 4.20. The first kappa shape index (κ1) is 25.0. The van der Waals surface area contributed by atoms with E-state index in [1.807, 2.05) is 48.0 Å². The summed E-state index contributed by atoms with van der Waals surface area (Å²) in [5.74, 6) is 0.0700. The number of nitrogens with zero attached hydrogens (tertiary/aromatic N) is 2. The predicted octanol–water partition coefficient (Wildman–Crippen LogP) is 6.31. The summed E-state index contributed by atoms with van der Waals surface area (Å²) in [5, 5.41) is 14.1. The predicted molar refractivity (Wildman–Crippen MR) is 137 cm³/mol. The lowest BCUT2D eigenvalue weighted by atomic mass is 9.95. The lowest BCUT2D eigenvalue weighted by Gasteiger charge is -2.16. The van der Waals surface area contributed by atoms with E-state index < -0.39 is 12.6 Å². The average molecular weight is 489 g/mol. The Bertz CT molecular complexity index is 1380. The van der Waals surface area contributed by atoms with Gasteiger partial charge in [0.1, 0.15) is 17.3 Å². The highest BCUT2D eigenvalue weighted by Crippen LogP contribution is 2.38. The third-order valence-corrected chi connectivity index (χ3v) is 6.03. The molecule has 6 nitrogen and oxygen atoms in total. The van der Waals surface area contributed by atoms with Gasteiger partial charge in [-0.2, -0.15) is 5.10 Å². The largest absolute Gasteiger partial charge is 0.496 e. The van der Waals surface area contributed by atoms with E-state index >= 15 is 0 Å². The number of benzene rings is 3. The molecule has 4 aromatic rings. The molecule has 0 aliphatic heterocycles. The van der Waals surface area contributed by atoms with Gasteiger partial charge in [0.2, 0.25) is 0 Å². The maximum absolute atomic E-state index is 13.7. The topological polar surface area (TPSA) is 73.6 Å². The Hall–Kier alpha value is -4.13. The second-order valence-electron chi connectivity index (χ2n) is 8.94. The number of rotatable bonds is 9. The van der Waals surface area contributed by atoms with Crippen LogP contribution in [0, 0.1) is 12.7 Å². The molecule has 4 rings (SSSR count). The van der Waals surface area contributed by atoms with Crippen LogP contribution < -0.4 is 9.47 Å². The fourth-order valence-electron chi connectivity index (χ4n) is 4.20. The molecule has 0 bridgehead atoms. The smallest absolute Gasteiger partial charge is 0.341 e. The molecular formula is C29H29FN2O4. The molecule has 0 unspecified atom stereocenters. The van der Waals surface area contributed by atoms with E-state index in [4.69, 9.17) is 14.6 Å². The van der Waals surface area contributed by atoms with Crippen LogP contribution in [-0.4, -0.2) is 34.6 Å². The van der Waals surface area contributed by atoms with E-state index in [0.717, 1.165) is 39.3 Å². The van der Waals surface area contributed by atoms with Crippen LogP contribution in [0.2, 0.25) is 0 Å². The maximum Gasteiger partial charge on any atom is 0.341 e. The van der Waals surface area contributed by atoms with Crippen molar-refractivity contribution < 1.29 is 23.8 Å². The molecule has 0 radical (unpaired) electrons. The molecule has 0 amide bonds. The highest BCUT2D eigenvalue weighted by atomic mass is 19.1. The number of ether oxygens (including phenoxy) is 2. The molecule has 3 aromatic carbocycles. The minimum Gasteiger partial charge on any atom is -0.496 e. The number of halogens is 1. The first-order valence-electron chi connectivity index (χ1n) is 11.7. The summed E-state index contributed by atoms with van der Waals surface area (Å²) in [7, 11) is 1.62. The van der Waals surface area contributed by atoms with Gasteiger partial charge in [0.15, 0.2) is 6.61 Å². The molecule has 0 aliphatic rings. The Morgan fingerprint density at radius 1 is 1.06 bits per heavy atom. The molecule has 1 aromatic heterocycles. The molecule has 1 heterocycles. The number of carboxylic acid groups (broad SMARTS) is 1. The minimum absolute atomic E-state index is 0.239. The average Bonchev–Trinajstić information content (AvgIpc) is 3.26. The zero-order chi connectivity index (χ0) is 25.8. The number of hydrogen-bond donors (Lipinski definition) is 1. The highest BCUT2D eigenvalue weighted by Gasteiger charge is 2.20. The van der Waals surface area contributed by atoms with Gasteiger partial charge in [-0.25, -0.2) is 9.18 Å². The van der Waals surface area contributed by atoms with E-state index in [2.05, 4.69) is 19.9 Å². The lowest BCUT2D eigenvalue weighted by molar-refractivity contribution is -0.139. The van der Waals surface area contributed by atoms with Gasteiger partial charge in [-0.15, -0.1) is 0 Å². The van der Waals surface area contributed by atoms with E-state index in [9.17, 15) is 14.3 Å². The Morgan fingerprint density at radius 2 is 1.78 bits per heavy atom. The monoisotopic (exact) mass is 488 g/mol. The van der Waals surface area contributed by atoms with Crippen molar-refractivity contribution in [2.75, 3.05) is 13.7 Å². The first-order valence-corrected chi connectivity index (χ1v) is 11.7.